The van der Waals surface area contributed by atoms with Crippen LogP contribution in [-0.4, -0.2) is 6.04 Å². The quantitative estimate of drug-likeness (QED) is 0.143. The van der Waals surface area contributed by atoms with Crippen LogP contribution in [0.15, 0.2) is 254 Å². The number of allylic oxidation sites excluding steroid dienone is 5. The lowest BCUT2D eigenvalue weighted by molar-refractivity contribution is 0.393. The minimum absolute atomic E-state index is 0.122. The van der Waals surface area contributed by atoms with Gasteiger partial charge in [0.15, 0.2) is 0 Å². The van der Waals surface area contributed by atoms with Gasteiger partial charge in [-0.3, -0.25) is 0 Å². The number of anilines is 7. The van der Waals surface area contributed by atoms with Gasteiger partial charge in [-0.05, 0) is 183 Å². The molecule has 15 rings (SSSR count). The minimum atomic E-state index is -0.266. The number of nitrogens with zero attached hydrogens (tertiary/aromatic N) is 3. The van der Waals surface area contributed by atoms with Gasteiger partial charge in [0, 0.05) is 61.7 Å². The van der Waals surface area contributed by atoms with Crippen LogP contribution in [0.4, 0.5) is 39.8 Å². The second kappa shape index (κ2) is 18.6. The van der Waals surface area contributed by atoms with Crippen LogP contribution in [0.3, 0.4) is 0 Å². The Hall–Kier alpha value is -8.92. The molecule has 0 amide bonds. The number of aryl methyl sites for hydroxylation is 2. The van der Waals surface area contributed by atoms with Crippen LogP contribution in [0.5, 0.6) is 0 Å². The van der Waals surface area contributed by atoms with Crippen LogP contribution in [0.2, 0.25) is 0 Å². The lowest BCUT2D eigenvalue weighted by Crippen LogP contribution is -2.31. The summed E-state index contributed by atoms with van der Waals surface area (Å²) in [7, 11) is 0. The lowest BCUT2D eigenvalue weighted by Gasteiger charge is -2.36. The SMILES string of the molecule is Cc1ccc(N(c2ccc(C)cc2)C2C=CC(N(c3ccccc3)c3cc4c(c5ccccc35)-c3cc5c(cc3C4(C)C)C3C=C4C(=CC3C5(C)C)c3c(cc(N(c5ccccc5)c5ccccc5)c5ccccc35)C4(C)C)=CC2)cc1. The number of hydrogen-bond donors (Lipinski definition) is 0. The number of rotatable bonds is 9. The molecule has 0 spiro atoms. The van der Waals surface area contributed by atoms with Gasteiger partial charge in [-0.2, -0.15) is 0 Å². The number of hydrogen-bond acceptors (Lipinski definition) is 3. The fourth-order valence-electron chi connectivity index (χ4n) is 15.2. The van der Waals surface area contributed by atoms with Crippen molar-refractivity contribution >= 4 is 66.9 Å². The Balaban J connectivity index is 0.833. The van der Waals surface area contributed by atoms with Crippen LogP contribution in [0.25, 0.3) is 38.2 Å². The molecule has 3 heteroatoms. The van der Waals surface area contributed by atoms with Crippen molar-refractivity contribution < 1.29 is 0 Å². The largest absolute Gasteiger partial charge is 0.334 e. The maximum atomic E-state index is 2.72. The van der Waals surface area contributed by atoms with Gasteiger partial charge in [-0.25, -0.2) is 0 Å². The van der Waals surface area contributed by atoms with E-state index in [1.807, 2.05) is 0 Å². The molecule has 0 radical (unpaired) electrons. The molecule has 3 atom stereocenters. The van der Waals surface area contributed by atoms with Crippen LogP contribution < -0.4 is 14.7 Å². The van der Waals surface area contributed by atoms with Crippen molar-refractivity contribution in [3.8, 4) is 11.1 Å². The van der Waals surface area contributed by atoms with Crippen molar-refractivity contribution in [1.29, 1.82) is 0 Å². The molecule has 3 nitrogen and oxygen atoms in total. The standard InChI is InChI=1S/C79H69N3/c1-50-32-36-55(37-33-50)80(56-38-34-51(2)35-39-56)57-40-42-58(43-41-57)82(54-26-16-11-17-27-54)74-49-72-76(62-31-21-19-29-60(62)74)66-47-68-64(45-70(66)79(72,7)8)63-44-69-65(46-67(63)77(68,3)4)75-61-30-20-18-28-59(61)73(48-71(75)78(69,5)6)81(52-22-12-9-13-23-52)53-24-14-10-15-25-53/h9-40,42-49,57,63,67H,41H2,1-8H3. The van der Waals surface area contributed by atoms with E-state index >= 15 is 0 Å². The maximum absolute atomic E-state index is 2.72. The third kappa shape index (κ3) is 7.55. The van der Waals surface area contributed by atoms with Crippen LogP contribution >= 0.6 is 0 Å². The summed E-state index contributed by atoms with van der Waals surface area (Å²) < 4.78 is 0. The molecular formula is C79H69N3. The fraction of sp³-hybridized carbons (Fsp3) is 0.190. The highest BCUT2D eigenvalue weighted by Crippen LogP contribution is 2.65. The first-order valence-electron chi connectivity index (χ1n) is 29.6. The zero-order valence-electron chi connectivity index (χ0n) is 48.4. The summed E-state index contributed by atoms with van der Waals surface area (Å²) in [6.45, 7) is 19.3. The van der Waals surface area contributed by atoms with E-state index in [2.05, 4.69) is 313 Å². The molecule has 0 aliphatic heterocycles. The smallest absolute Gasteiger partial charge is 0.0561 e. The molecule has 10 aromatic rings. The normalized spacial score (nSPS) is 19.0. The minimum Gasteiger partial charge on any atom is -0.334 e. The first-order valence-corrected chi connectivity index (χ1v) is 29.6. The summed E-state index contributed by atoms with van der Waals surface area (Å²) in [4.78, 5) is 7.48. The van der Waals surface area contributed by atoms with E-state index in [1.54, 1.807) is 0 Å². The lowest BCUT2D eigenvalue weighted by atomic mass is 9.70. The van der Waals surface area contributed by atoms with E-state index in [0.717, 1.165) is 23.5 Å². The molecule has 0 fully saturated rings. The molecule has 0 N–H and O–H groups in total. The van der Waals surface area contributed by atoms with Crippen LogP contribution in [0, 0.1) is 19.8 Å². The third-order valence-electron chi connectivity index (χ3n) is 19.5. The van der Waals surface area contributed by atoms with Gasteiger partial charge in [0.1, 0.15) is 0 Å². The summed E-state index contributed by atoms with van der Waals surface area (Å²) in [5, 5.41) is 5.15. The first-order chi connectivity index (χ1) is 39.8. The fourth-order valence-corrected chi connectivity index (χ4v) is 15.2. The van der Waals surface area contributed by atoms with Crippen molar-refractivity contribution in [1.82, 2.24) is 0 Å². The maximum Gasteiger partial charge on any atom is 0.0561 e. The average molecular weight is 1060 g/mol. The molecule has 5 aliphatic rings. The second-order valence-corrected chi connectivity index (χ2v) is 25.4. The van der Waals surface area contributed by atoms with E-state index in [9.17, 15) is 0 Å². The number of benzene rings is 10. The summed E-state index contributed by atoms with van der Waals surface area (Å²) in [5.41, 5.74) is 25.6. The van der Waals surface area contributed by atoms with Gasteiger partial charge < -0.3 is 14.7 Å². The predicted molar refractivity (Wildman–Crippen MR) is 347 cm³/mol. The molecule has 5 aliphatic carbocycles. The Morgan fingerprint density at radius 3 is 1.45 bits per heavy atom. The van der Waals surface area contributed by atoms with Gasteiger partial charge in [-0.15, -0.1) is 0 Å². The zero-order valence-corrected chi connectivity index (χ0v) is 48.4. The van der Waals surface area contributed by atoms with Crippen molar-refractivity contribution in [2.45, 2.75) is 90.0 Å². The van der Waals surface area contributed by atoms with Crippen LogP contribution in [0.1, 0.15) is 98.4 Å². The Kier molecular flexibility index (Phi) is 11.3. The summed E-state index contributed by atoms with van der Waals surface area (Å²) in [6, 6.07) is 79.6. The Morgan fingerprint density at radius 1 is 0.427 bits per heavy atom. The topological polar surface area (TPSA) is 9.72 Å². The molecule has 0 saturated carbocycles. The van der Waals surface area contributed by atoms with E-state index in [0.29, 0.717) is 5.92 Å². The summed E-state index contributed by atoms with van der Waals surface area (Å²) >= 11 is 0. The van der Waals surface area contributed by atoms with Crippen molar-refractivity contribution in [2.24, 2.45) is 5.92 Å². The predicted octanol–water partition coefficient (Wildman–Crippen LogP) is 20.9. The molecule has 0 heterocycles. The second-order valence-electron chi connectivity index (χ2n) is 25.4. The van der Waals surface area contributed by atoms with E-state index in [-0.39, 0.29) is 28.2 Å². The zero-order chi connectivity index (χ0) is 55.8. The van der Waals surface area contributed by atoms with Gasteiger partial charge in [0.25, 0.3) is 0 Å². The Labute approximate surface area is 484 Å². The highest BCUT2D eigenvalue weighted by Gasteiger charge is 2.52. The van der Waals surface area contributed by atoms with E-state index in [4.69, 9.17) is 0 Å². The molecule has 0 aromatic heterocycles. The van der Waals surface area contributed by atoms with Crippen LogP contribution in [-0.2, 0) is 16.2 Å². The first kappa shape index (κ1) is 50.1. The monoisotopic (exact) mass is 1060 g/mol. The van der Waals surface area contributed by atoms with Gasteiger partial charge in [-0.1, -0.05) is 210 Å². The molecule has 400 valence electrons. The number of fused-ring (bicyclic) bond motifs is 13. The summed E-state index contributed by atoms with van der Waals surface area (Å²) in [6.07, 6.45) is 13.6. The molecule has 3 unspecified atom stereocenters. The van der Waals surface area contributed by atoms with Crippen molar-refractivity contribution in [3.63, 3.8) is 0 Å². The third-order valence-corrected chi connectivity index (χ3v) is 19.5. The van der Waals surface area contributed by atoms with Crippen molar-refractivity contribution in [2.75, 3.05) is 14.7 Å². The average Bonchev–Trinajstić information content (AvgIpc) is 1.87. The van der Waals surface area contributed by atoms with Crippen molar-refractivity contribution in [3.05, 3.63) is 298 Å². The van der Waals surface area contributed by atoms with E-state index in [1.165, 1.54) is 117 Å². The molecule has 0 bridgehead atoms. The molecule has 0 saturated heterocycles. The molecule has 82 heavy (non-hydrogen) atoms. The molecular weight excluding hydrogens is 991 g/mol. The van der Waals surface area contributed by atoms with Gasteiger partial charge in [0.2, 0.25) is 0 Å². The Morgan fingerprint density at radius 2 is 0.915 bits per heavy atom. The van der Waals surface area contributed by atoms with E-state index < -0.39 is 0 Å². The highest BCUT2D eigenvalue weighted by molar-refractivity contribution is 6.12. The van der Waals surface area contributed by atoms with Gasteiger partial charge in [0.05, 0.1) is 17.4 Å². The Bertz CT molecular complexity index is 4260. The summed E-state index contributed by atoms with van der Waals surface area (Å²) in [5.74, 6) is 0.549. The number of para-hydroxylation sites is 3. The van der Waals surface area contributed by atoms with Gasteiger partial charge >= 0.3 is 0 Å². The molecule has 10 aromatic carbocycles. The highest BCUT2D eigenvalue weighted by atomic mass is 15.2.